The van der Waals surface area contributed by atoms with Crippen LogP contribution < -0.4 is 9.47 Å². The van der Waals surface area contributed by atoms with Crippen molar-refractivity contribution in [1.29, 1.82) is 0 Å². The zero-order valence-corrected chi connectivity index (χ0v) is 16.3. The van der Waals surface area contributed by atoms with E-state index in [0.29, 0.717) is 22.6 Å². The second-order valence-corrected chi connectivity index (χ2v) is 4.10. The van der Waals surface area contributed by atoms with E-state index in [4.69, 9.17) is 29.3 Å². The number of aromatic carboxylic acids is 2. The van der Waals surface area contributed by atoms with Gasteiger partial charge in [0.05, 0.1) is 14.2 Å². The van der Waals surface area contributed by atoms with E-state index in [9.17, 15) is 0 Å². The van der Waals surface area contributed by atoms with Crippen LogP contribution in [-0.2, 0) is 19.5 Å². The maximum atomic E-state index is 8.62. The van der Waals surface area contributed by atoms with E-state index in [0.717, 1.165) is 0 Å². The molecule has 2 rings (SSSR count). The Balaban J connectivity index is -0.000000346. The summed E-state index contributed by atoms with van der Waals surface area (Å²) in [4.78, 5) is 17.2. The van der Waals surface area contributed by atoms with E-state index in [1.807, 2.05) is 0 Å². The SMILES string of the molecule is COc1ccc(C(O)=[OH+])cc1.COc1ccc(C(O)=[OH+])cc1.[CH3-].[CH3-].[Ru]. The predicted octanol–water partition coefficient (Wildman–Crippen LogP) is 3.11. The topological polar surface area (TPSA) is 102 Å². The van der Waals surface area contributed by atoms with E-state index in [1.165, 1.54) is 0 Å². The summed E-state index contributed by atoms with van der Waals surface area (Å²) in [6.45, 7) is 0. The average molecular weight is 437 g/mol. The molecule has 4 N–H and O–H groups in total. The summed E-state index contributed by atoms with van der Waals surface area (Å²) in [5.74, 6) is 0.0327. The van der Waals surface area contributed by atoms with Gasteiger partial charge in [-0.2, -0.15) is 0 Å². The molecule has 0 aliphatic heterocycles. The van der Waals surface area contributed by atoms with Crippen molar-refractivity contribution in [2.45, 2.75) is 0 Å². The number of benzene rings is 2. The van der Waals surface area contributed by atoms with Gasteiger partial charge in [-0.05, 0) is 48.5 Å². The molecule has 25 heavy (non-hydrogen) atoms. The Labute approximate surface area is 161 Å². The van der Waals surface area contributed by atoms with Gasteiger partial charge < -0.3 is 44.1 Å². The third-order valence-electron chi connectivity index (χ3n) is 2.70. The van der Waals surface area contributed by atoms with Gasteiger partial charge in [0.15, 0.2) is 0 Å². The molecule has 0 saturated carbocycles. The Morgan fingerprint density at radius 2 is 0.920 bits per heavy atom. The summed E-state index contributed by atoms with van der Waals surface area (Å²) >= 11 is 0. The first-order valence-corrected chi connectivity index (χ1v) is 6.26. The molecule has 0 saturated heterocycles. The third-order valence-corrected chi connectivity index (χ3v) is 2.70. The Morgan fingerprint density at radius 3 is 1.08 bits per heavy atom. The number of hydrogen-bond donors (Lipinski definition) is 2. The number of aliphatic hydroxyl groups excluding tert-OH is 2. The van der Waals surface area contributed by atoms with Crippen molar-refractivity contribution in [3.63, 3.8) is 0 Å². The minimum absolute atomic E-state index is 0. The molecule has 0 bridgehead atoms. The van der Waals surface area contributed by atoms with Crippen LogP contribution in [0.2, 0.25) is 0 Å². The average Bonchev–Trinajstić information content (AvgIpc) is 2.55. The van der Waals surface area contributed by atoms with E-state index < -0.39 is 11.9 Å². The first kappa shape index (κ1) is 27.5. The van der Waals surface area contributed by atoms with Crippen molar-refractivity contribution in [3.05, 3.63) is 74.5 Å². The Morgan fingerprint density at radius 1 is 0.680 bits per heavy atom. The molecular weight excluding hydrogens is 413 g/mol. The largest absolute Gasteiger partial charge is 0.515 e. The normalized spacial score (nSPS) is 8.08. The van der Waals surface area contributed by atoms with Crippen LogP contribution in [0.25, 0.3) is 0 Å². The molecule has 0 amide bonds. The molecular formula is C18H24O6Ru. The molecule has 2 aromatic carbocycles. The molecule has 0 aliphatic rings. The van der Waals surface area contributed by atoms with Gasteiger partial charge in [0, 0.05) is 19.5 Å². The number of carboxylic acids is 2. The van der Waals surface area contributed by atoms with Gasteiger partial charge in [-0.3, -0.25) is 0 Å². The van der Waals surface area contributed by atoms with Gasteiger partial charge in [0.2, 0.25) is 0 Å². The second kappa shape index (κ2) is 14.0. The van der Waals surface area contributed by atoms with Crippen LogP contribution in [-0.4, -0.2) is 46.0 Å². The summed E-state index contributed by atoms with van der Waals surface area (Å²) in [6, 6.07) is 12.9. The van der Waals surface area contributed by atoms with Gasteiger partial charge in [-0.1, -0.05) is 0 Å². The van der Waals surface area contributed by atoms with Gasteiger partial charge in [0.25, 0.3) is 0 Å². The minimum Gasteiger partial charge on any atom is -0.497 e. The molecule has 0 spiro atoms. The van der Waals surface area contributed by atoms with Crippen molar-refractivity contribution in [2.75, 3.05) is 14.2 Å². The van der Waals surface area contributed by atoms with E-state index in [-0.39, 0.29) is 34.3 Å². The van der Waals surface area contributed by atoms with Crippen molar-refractivity contribution in [2.24, 2.45) is 0 Å². The Bertz CT molecular complexity index is 566. The van der Waals surface area contributed by atoms with Crippen LogP contribution in [0, 0.1) is 14.9 Å². The fraction of sp³-hybridized carbons (Fsp3) is 0.111. The molecule has 2 aromatic rings. The zero-order chi connectivity index (χ0) is 16.5. The van der Waals surface area contributed by atoms with Crippen molar-refractivity contribution in [3.8, 4) is 11.5 Å². The summed E-state index contributed by atoms with van der Waals surface area (Å²) in [7, 11) is 3.11. The number of hydrogen-bond acceptors (Lipinski definition) is 2. The summed E-state index contributed by atoms with van der Waals surface area (Å²) in [5, 5.41) is 17.2. The number of carboxylic acid groups (broad SMARTS) is 2. The van der Waals surface area contributed by atoms with Crippen molar-refractivity contribution in [1.82, 2.24) is 0 Å². The summed E-state index contributed by atoms with van der Waals surface area (Å²) in [6.07, 6.45) is 0. The number of ether oxygens (including phenoxy) is 2. The van der Waals surface area contributed by atoms with Crippen LogP contribution in [0.1, 0.15) is 11.1 Å². The predicted molar refractivity (Wildman–Crippen MR) is 96.2 cm³/mol. The molecule has 7 heteroatoms. The molecule has 0 aliphatic carbocycles. The third kappa shape index (κ3) is 9.47. The van der Waals surface area contributed by atoms with Gasteiger partial charge in [0.1, 0.15) is 22.6 Å². The van der Waals surface area contributed by atoms with E-state index >= 15 is 0 Å². The van der Waals surface area contributed by atoms with Gasteiger partial charge >= 0.3 is 11.9 Å². The molecule has 0 aromatic heterocycles. The Hall–Kier alpha value is -2.40. The van der Waals surface area contributed by atoms with Crippen LogP contribution >= 0.6 is 0 Å². The zero-order valence-electron chi connectivity index (χ0n) is 14.6. The molecule has 140 valence electrons. The molecule has 0 fully saturated rings. The molecule has 0 radical (unpaired) electrons. The van der Waals surface area contributed by atoms with Crippen LogP contribution in [0.3, 0.4) is 0 Å². The second-order valence-electron chi connectivity index (χ2n) is 4.10. The molecule has 0 heterocycles. The maximum absolute atomic E-state index is 8.62. The quantitative estimate of drug-likeness (QED) is 0.436. The fourth-order valence-electron chi connectivity index (χ4n) is 1.48. The van der Waals surface area contributed by atoms with E-state index in [1.54, 1.807) is 62.8 Å². The monoisotopic (exact) mass is 438 g/mol. The molecule has 0 unspecified atom stereocenters. The fourth-order valence-corrected chi connectivity index (χ4v) is 1.48. The smallest absolute Gasteiger partial charge is 0.497 e. The van der Waals surface area contributed by atoms with Crippen molar-refractivity contribution >= 4 is 11.9 Å². The van der Waals surface area contributed by atoms with Gasteiger partial charge in [-0.15, -0.1) is 0 Å². The van der Waals surface area contributed by atoms with Crippen LogP contribution in [0.15, 0.2) is 48.5 Å². The summed E-state index contributed by atoms with van der Waals surface area (Å²) in [5.41, 5.74) is 0.761. The molecule has 6 nitrogen and oxygen atoms in total. The first-order chi connectivity index (χ1) is 10.5. The van der Waals surface area contributed by atoms with E-state index in [2.05, 4.69) is 0 Å². The summed E-state index contributed by atoms with van der Waals surface area (Å²) < 4.78 is 9.75. The minimum atomic E-state index is -0.673. The standard InChI is InChI=1S/2C8H8O3.2CH3.Ru/c2*1-11-7-4-2-6(3-5-7)8(9)10;;;/h2*2-5H,1H3,(H,9,10);2*1H3;/q;;2*-1;/p+2. The number of rotatable bonds is 4. The Kier molecular flexibility index (Phi) is 15.4. The molecule has 0 atom stereocenters. The first-order valence-electron chi connectivity index (χ1n) is 6.26. The van der Waals surface area contributed by atoms with Crippen LogP contribution in [0.4, 0.5) is 0 Å². The van der Waals surface area contributed by atoms with Crippen molar-refractivity contribution < 1.29 is 48.8 Å². The number of methoxy groups -OCH3 is 2. The van der Waals surface area contributed by atoms with Gasteiger partial charge in [-0.25, -0.2) is 0 Å². The maximum Gasteiger partial charge on any atom is 0.515 e. The van der Waals surface area contributed by atoms with Crippen LogP contribution in [0.5, 0.6) is 11.5 Å².